The minimum absolute atomic E-state index is 0.360. The molecule has 0 radical (unpaired) electrons. The van der Waals surface area contributed by atoms with Crippen molar-refractivity contribution in [1.82, 2.24) is 9.78 Å². The van der Waals surface area contributed by atoms with E-state index in [4.69, 9.17) is 5.73 Å². The SMILES string of the molecule is NC(=O)n1nc(-c2ccccc2F)c2c1NCC2. The van der Waals surface area contributed by atoms with E-state index in [0.29, 0.717) is 30.0 Å². The predicted octanol–water partition coefficient (Wildman–Crippen LogP) is 1.58. The first-order chi connectivity index (χ1) is 8.68. The molecule has 2 heterocycles. The van der Waals surface area contributed by atoms with Gasteiger partial charge in [0.05, 0.1) is 0 Å². The summed E-state index contributed by atoms with van der Waals surface area (Å²) in [6, 6.07) is 5.68. The number of rotatable bonds is 1. The smallest absolute Gasteiger partial charge is 0.341 e. The summed E-state index contributed by atoms with van der Waals surface area (Å²) in [6.45, 7) is 0.696. The Morgan fingerprint density at radius 2 is 2.22 bits per heavy atom. The lowest BCUT2D eigenvalue weighted by Gasteiger charge is -2.01. The number of halogens is 1. The summed E-state index contributed by atoms with van der Waals surface area (Å²) < 4.78 is 14.9. The molecular formula is C12H11FN4O. The monoisotopic (exact) mass is 246 g/mol. The van der Waals surface area contributed by atoms with E-state index < -0.39 is 6.03 Å². The van der Waals surface area contributed by atoms with Crippen molar-refractivity contribution in [3.8, 4) is 11.3 Å². The Labute approximate surface area is 102 Å². The highest BCUT2D eigenvalue weighted by molar-refractivity contribution is 5.83. The van der Waals surface area contributed by atoms with E-state index in [1.165, 1.54) is 6.07 Å². The van der Waals surface area contributed by atoms with Crippen LogP contribution in [-0.2, 0) is 6.42 Å². The molecular weight excluding hydrogens is 235 g/mol. The molecule has 0 fully saturated rings. The quantitative estimate of drug-likeness (QED) is 0.802. The van der Waals surface area contributed by atoms with Gasteiger partial charge in [-0.2, -0.15) is 9.78 Å². The van der Waals surface area contributed by atoms with Crippen molar-refractivity contribution in [2.24, 2.45) is 5.73 Å². The van der Waals surface area contributed by atoms with Crippen LogP contribution in [0.25, 0.3) is 11.3 Å². The Bertz CT molecular complexity index is 635. The number of nitrogens with two attached hydrogens (primary N) is 1. The van der Waals surface area contributed by atoms with Crippen molar-refractivity contribution in [1.29, 1.82) is 0 Å². The minimum Gasteiger partial charge on any atom is -0.369 e. The molecule has 3 rings (SSSR count). The Balaban J connectivity index is 2.23. The van der Waals surface area contributed by atoms with Crippen LogP contribution < -0.4 is 11.1 Å². The van der Waals surface area contributed by atoms with Crippen LogP contribution in [0.4, 0.5) is 15.0 Å². The molecule has 1 aliphatic heterocycles. The lowest BCUT2D eigenvalue weighted by molar-refractivity contribution is 0.248. The van der Waals surface area contributed by atoms with Crippen LogP contribution in [0, 0.1) is 5.82 Å². The standard InChI is InChI=1S/C12H11FN4O/c13-9-4-2-1-3-7(9)10-8-5-6-15-11(8)17(16-10)12(14)18/h1-4,15H,5-6H2,(H2,14,18). The van der Waals surface area contributed by atoms with Gasteiger partial charge in [0.2, 0.25) is 0 Å². The van der Waals surface area contributed by atoms with Gasteiger partial charge in [0.25, 0.3) is 0 Å². The first-order valence-corrected chi connectivity index (χ1v) is 5.59. The minimum atomic E-state index is -0.678. The summed E-state index contributed by atoms with van der Waals surface area (Å²) in [5.74, 6) is 0.210. The van der Waals surface area contributed by atoms with Gasteiger partial charge < -0.3 is 11.1 Å². The topological polar surface area (TPSA) is 72.9 Å². The molecule has 1 aromatic carbocycles. The Morgan fingerprint density at radius 3 is 2.94 bits per heavy atom. The molecule has 2 aromatic rings. The number of carbonyl (C=O) groups is 1. The molecule has 0 unspecified atom stereocenters. The summed E-state index contributed by atoms with van der Waals surface area (Å²) >= 11 is 0. The highest BCUT2D eigenvalue weighted by Crippen LogP contribution is 2.33. The summed E-state index contributed by atoms with van der Waals surface area (Å²) in [5.41, 5.74) is 6.94. The van der Waals surface area contributed by atoms with Gasteiger partial charge in [0.15, 0.2) is 0 Å². The molecule has 6 heteroatoms. The number of hydrogen-bond acceptors (Lipinski definition) is 3. The second-order valence-electron chi connectivity index (χ2n) is 4.08. The first-order valence-electron chi connectivity index (χ1n) is 5.59. The molecule has 3 N–H and O–H groups in total. The van der Waals surface area contributed by atoms with E-state index in [1.807, 2.05) is 0 Å². The van der Waals surface area contributed by atoms with Gasteiger partial charge in [-0.3, -0.25) is 0 Å². The molecule has 0 saturated heterocycles. The van der Waals surface area contributed by atoms with Crippen molar-refractivity contribution in [3.05, 3.63) is 35.6 Å². The van der Waals surface area contributed by atoms with Gasteiger partial charge >= 0.3 is 6.03 Å². The number of aromatic nitrogens is 2. The van der Waals surface area contributed by atoms with E-state index in [0.717, 1.165) is 10.2 Å². The fraction of sp³-hybridized carbons (Fsp3) is 0.167. The van der Waals surface area contributed by atoms with Gasteiger partial charge in [0, 0.05) is 17.7 Å². The lowest BCUT2D eigenvalue weighted by atomic mass is 10.1. The molecule has 92 valence electrons. The van der Waals surface area contributed by atoms with Gasteiger partial charge in [-0.05, 0) is 18.6 Å². The van der Waals surface area contributed by atoms with Crippen LogP contribution in [-0.4, -0.2) is 22.4 Å². The molecule has 0 aliphatic carbocycles. The maximum absolute atomic E-state index is 13.8. The van der Waals surface area contributed by atoms with Crippen molar-refractivity contribution in [2.45, 2.75) is 6.42 Å². The number of primary amides is 1. The van der Waals surface area contributed by atoms with Crippen LogP contribution in [0.3, 0.4) is 0 Å². The van der Waals surface area contributed by atoms with Gasteiger partial charge in [-0.1, -0.05) is 12.1 Å². The fourth-order valence-electron chi connectivity index (χ4n) is 2.20. The van der Waals surface area contributed by atoms with Crippen LogP contribution in [0.5, 0.6) is 0 Å². The van der Waals surface area contributed by atoms with E-state index in [2.05, 4.69) is 10.4 Å². The van der Waals surface area contributed by atoms with Crippen LogP contribution >= 0.6 is 0 Å². The number of nitrogens with zero attached hydrogens (tertiary/aromatic N) is 2. The highest BCUT2D eigenvalue weighted by atomic mass is 19.1. The van der Waals surface area contributed by atoms with Crippen LogP contribution in [0.2, 0.25) is 0 Å². The Kier molecular flexibility index (Phi) is 2.29. The highest BCUT2D eigenvalue weighted by Gasteiger charge is 2.26. The van der Waals surface area contributed by atoms with Crippen molar-refractivity contribution < 1.29 is 9.18 Å². The molecule has 1 aromatic heterocycles. The molecule has 0 saturated carbocycles. The summed E-state index contributed by atoms with van der Waals surface area (Å²) in [4.78, 5) is 11.3. The zero-order valence-corrected chi connectivity index (χ0v) is 9.48. The number of anilines is 1. The lowest BCUT2D eigenvalue weighted by Crippen LogP contribution is -2.22. The third kappa shape index (κ3) is 1.46. The summed E-state index contributed by atoms with van der Waals surface area (Å²) in [7, 11) is 0. The Morgan fingerprint density at radius 1 is 1.44 bits per heavy atom. The second-order valence-corrected chi connectivity index (χ2v) is 4.08. The fourth-order valence-corrected chi connectivity index (χ4v) is 2.20. The molecule has 1 amide bonds. The summed E-state index contributed by atoms with van der Waals surface area (Å²) in [5, 5.41) is 7.14. The van der Waals surface area contributed by atoms with Gasteiger partial charge in [-0.15, -0.1) is 0 Å². The van der Waals surface area contributed by atoms with Crippen LogP contribution in [0.15, 0.2) is 24.3 Å². The van der Waals surface area contributed by atoms with Gasteiger partial charge in [-0.25, -0.2) is 9.18 Å². The van der Waals surface area contributed by atoms with Crippen molar-refractivity contribution in [2.75, 3.05) is 11.9 Å². The number of fused-ring (bicyclic) bond motifs is 1. The molecule has 1 aliphatic rings. The number of amides is 1. The van der Waals surface area contributed by atoms with Crippen molar-refractivity contribution in [3.63, 3.8) is 0 Å². The zero-order valence-electron chi connectivity index (χ0n) is 9.48. The predicted molar refractivity (Wildman–Crippen MR) is 64.8 cm³/mol. The largest absolute Gasteiger partial charge is 0.369 e. The first kappa shape index (κ1) is 10.8. The maximum atomic E-state index is 13.8. The molecule has 5 nitrogen and oxygen atoms in total. The normalized spacial score (nSPS) is 13.2. The van der Waals surface area contributed by atoms with E-state index in [1.54, 1.807) is 18.2 Å². The zero-order chi connectivity index (χ0) is 12.7. The number of carbonyl (C=O) groups excluding carboxylic acids is 1. The maximum Gasteiger partial charge on any atom is 0.341 e. The second kappa shape index (κ2) is 3.83. The van der Waals surface area contributed by atoms with E-state index in [-0.39, 0.29) is 5.82 Å². The number of benzene rings is 1. The van der Waals surface area contributed by atoms with Crippen molar-refractivity contribution >= 4 is 11.8 Å². The van der Waals surface area contributed by atoms with E-state index in [9.17, 15) is 9.18 Å². The number of hydrogen-bond donors (Lipinski definition) is 2. The Hall–Kier alpha value is -2.37. The average molecular weight is 246 g/mol. The average Bonchev–Trinajstić information content (AvgIpc) is 2.90. The molecule has 0 bridgehead atoms. The third-order valence-electron chi connectivity index (χ3n) is 2.99. The number of nitrogens with one attached hydrogen (secondary N) is 1. The van der Waals surface area contributed by atoms with E-state index >= 15 is 0 Å². The molecule has 0 atom stereocenters. The third-order valence-corrected chi connectivity index (χ3v) is 2.99. The summed E-state index contributed by atoms with van der Waals surface area (Å²) in [6.07, 6.45) is 0.701. The van der Waals surface area contributed by atoms with Gasteiger partial charge in [0.1, 0.15) is 17.3 Å². The molecule has 18 heavy (non-hydrogen) atoms. The molecule has 0 spiro atoms. The van der Waals surface area contributed by atoms with Crippen LogP contribution in [0.1, 0.15) is 5.56 Å².